The molecule has 0 saturated heterocycles. The third-order valence-corrected chi connectivity index (χ3v) is 2.82. The molecule has 0 aliphatic rings. The number of aromatic nitrogens is 1. The first-order valence-corrected chi connectivity index (χ1v) is 5.93. The molecule has 2 aromatic rings. The molecule has 0 amide bonds. The SMILES string of the molecule is COc1ccc(C(O)c2ccncc2F)cc1OC(F)F. The average Bonchev–Trinajstić information content (AvgIpc) is 2.46. The van der Waals surface area contributed by atoms with Crippen LogP contribution in [0.1, 0.15) is 17.2 Å². The van der Waals surface area contributed by atoms with Crippen molar-refractivity contribution in [2.24, 2.45) is 0 Å². The Balaban J connectivity index is 2.38. The predicted octanol–water partition coefficient (Wildman–Crippen LogP) is 2.91. The summed E-state index contributed by atoms with van der Waals surface area (Å²) < 4.78 is 47.5. The molecule has 1 N–H and O–H groups in total. The number of nitrogens with zero attached hydrogens (tertiary/aromatic N) is 1. The molecule has 2 rings (SSSR count). The van der Waals surface area contributed by atoms with Crippen molar-refractivity contribution in [1.82, 2.24) is 4.98 Å². The van der Waals surface area contributed by atoms with Crippen molar-refractivity contribution in [2.45, 2.75) is 12.7 Å². The van der Waals surface area contributed by atoms with E-state index in [1.807, 2.05) is 0 Å². The molecule has 0 saturated carbocycles. The van der Waals surface area contributed by atoms with Gasteiger partial charge in [0.05, 0.1) is 13.3 Å². The van der Waals surface area contributed by atoms with Crippen LogP contribution in [0.4, 0.5) is 13.2 Å². The van der Waals surface area contributed by atoms with Crippen LogP contribution in [0.3, 0.4) is 0 Å². The lowest BCUT2D eigenvalue weighted by Crippen LogP contribution is -2.07. The number of aliphatic hydroxyl groups excluding tert-OH is 1. The van der Waals surface area contributed by atoms with Gasteiger partial charge in [0.25, 0.3) is 0 Å². The highest BCUT2D eigenvalue weighted by Crippen LogP contribution is 2.33. The van der Waals surface area contributed by atoms with Crippen molar-refractivity contribution in [3.8, 4) is 11.5 Å². The molecule has 112 valence electrons. The van der Waals surface area contributed by atoms with E-state index in [0.29, 0.717) is 0 Å². The maximum Gasteiger partial charge on any atom is 0.387 e. The van der Waals surface area contributed by atoms with Crippen LogP contribution in [-0.2, 0) is 0 Å². The summed E-state index contributed by atoms with van der Waals surface area (Å²) in [5.74, 6) is -0.850. The van der Waals surface area contributed by atoms with Gasteiger partial charge in [-0.05, 0) is 23.8 Å². The molecule has 0 aliphatic heterocycles. The van der Waals surface area contributed by atoms with Gasteiger partial charge in [-0.15, -0.1) is 0 Å². The zero-order chi connectivity index (χ0) is 15.4. The second-order valence-corrected chi connectivity index (χ2v) is 4.09. The van der Waals surface area contributed by atoms with Crippen molar-refractivity contribution in [2.75, 3.05) is 7.11 Å². The van der Waals surface area contributed by atoms with Gasteiger partial charge in [0, 0.05) is 11.8 Å². The van der Waals surface area contributed by atoms with Crippen molar-refractivity contribution in [3.05, 3.63) is 53.6 Å². The normalized spacial score (nSPS) is 12.3. The fourth-order valence-electron chi connectivity index (χ4n) is 1.84. The van der Waals surface area contributed by atoms with Gasteiger partial charge >= 0.3 is 6.61 Å². The van der Waals surface area contributed by atoms with Gasteiger partial charge in [-0.1, -0.05) is 6.07 Å². The smallest absolute Gasteiger partial charge is 0.387 e. The van der Waals surface area contributed by atoms with E-state index in [4.69, 9.17) is 4.74 Å². The number of hydrogen-bond donors (Lipinski definition) is 1. The van der Waals surface area contributed by atoms with Gasteiger partial charge in [-0.2, -0.15) is 8.78 Å². The topological polar surface area (TPSA) is 51.6 Å². The van der Waals surface area contributed by atoms with E-state index in [1.165, 1.54) is 37.6 Å². The Hall–Kier alpha value is -2.28. The molecule has 1 aromatic heterocycles. The number of alkyl halides is 2. The van der Waals surface area contributed by atoms with Gasteiger partial charge in [-0.25, -0.2) is 4.39 Å². The molecule has 0 bridgehead atoms. The quantitative estimate of drug-likeness (QED) is 0.922. The van der Waals surface area contributed by atoms with Crippen molar-refractivity contribution in [1.29, 1.82) is 0 Å². The summed E-state index contributed by atoms with van der Waals surface area (Å²) in [5, 5.41) is 10.1. The van der Waals surface area contributed by atoms with Crippen LogP contribution in [0.5, 0.6) is 11.5 Å². The second kappa shape index (κ2) is 6.45. The number of aliphatic hydroxyl groups is 1. The van der Waals surface area contributed by atoms with Crippen LogP contribution >= 0.6 is 0 Å². The first-order chi connectivity index (χ1) is 10.0. The Kier molecular flexibility index (Phi) is 4.64. The average molecular weight is 299 g/mol. The summed E-state index contributed by atoms with van der Waals surface area (Å²) in [4.78, 5) is 3.58. The molecule has 1 atom stereocenters. The fraction of sp³-hybridized carbons (Fsp3) is 0.214. The zero-order valence-corrected chi connectivity index (χ0v) is 11.0. The molecule has 4 nitrogen and oxygen atoms in total. The number of ether oxygens (including phenoxy) is 2. The number of halogens is 3. The lowest BCUT2D eigenvalue weighted by Gasteiger charge is -2.15. The summed E-state index contributed by atoms with van der Waals surface area (Å²) in [5.41, 5.74) is 0.176. The molecular formula is C14H12F3NO3. The van der Waals surface area contributed by atoms with Crippen molar-refractivity contribution < 1.29 is 27.8 Å². The Bertz CT molecular complexity index is 622. The number of benzene rings is 1. The summed E-state index contributed by atoms with van der Waals surface area (Å²) in [6.07, 6.45) is 0.944. The van der Waals surface area contributed by atoms with E-state index in [2.05, 4.69) is 9.72 Å². The van der Waals surface area contributed by atoms with E-state index in [9.17, 15) is 18.3 Å². The molecule has 1 unspecified atom stereocenters. The summed E-state index contributed by atoms with van der Waals surface area (Å²) >= 11 is 0. The van der Waals surface area contributed by atoms with E-state index in [1.54, 1.807) is 0 Å². The predicted molar refractivity (Wildman–Crippen MR) is 67.9 cm³/mol. The lowest BCUT2D eigenvalue weighted by molar-refractivity contribution is -0.0513. The van der Waals surface area contributed by atoms with Crippen molar-refractivity contribution >= 4 is 0 Å². The monoisotopic (exact) mass is 299 g/mol. The number of hydrogen-bond acceptors (Lipinski definition) is 4. The zero-order valence-electron chi connectivity index (χ0n) is 11.0. The minimum Gasteiger partial charge on any atom is -0.493 e. The number of rotatable bonds is 5. The van der Waals surface area contributed by atoms with Crippen LogP contribution in [0, 0.1) is 5.82 Å². The third kappa shape index (κ3) is 3.43. The molecule has 0 fully saturated rings. The van der Waals surface area contributed by atoms with E-state index in [-0.39, 0.29) is 22.6 Å². The van der Waals surface area contributed by atoms with Crippen LogP contribution < -0.4 is 9.47 Å². The van der Waals surface area contributed by atoms with Crippen molar-refractivity contribution in [3.63, 3.8) is 0 Å². The van der Waals surface area contributed by atoms with Gasteiger partial charge in [-0.3, -0.25) is 4.98 Å². The molecule has 1 heterocycles. The first kappa shape index (κ1) is 15.1. The van der Waals surface area contributed by atoms with Crippen LogP contribution in [0.25, 0.3) is 0 Å². The Morgan fingerprint density at radius 1 is 1.19 bits per heavy atom. The maximum atomic E-state index is 13.6. The van der Waals surface area contributed by atoms with Crippen LogP contribution in [-0.4, -0.2) is 23.8 Å². The van der Waals surface area contributed by atoms with Crippen LogP contribution in [0.15, 0.2) is 36.7 Å². The second-order valence-electron chi connectivity index (χ2n) is 4.09. The lowest BCUT2D eigenvalue weighted by atomic mass is 10.0. The van der Waals surface area contributed by atoms with E-state index < -0.39 is 18.5 Å². The summed E-state index contributed by atoms with van der Waals surface area (Å²) in [6.45, 7) is -3.04. The van der Waals surface area contributed by atoms with Gasteiger partial charge in [0.2, 0.25) is 0 Å². The largest absolute Gasteiger partial charge is 0.493 e. The van der Waals surface area contributed by atoms with Gasteiger partial charge in [0.1, 0.15) is 11.9 Å². The molecular weight excluding hydrogens is 287 g/mol. The molecule has 7 heteroatoms. The molecule has 0 spiro atoms. The van der Waals surface area contributed by atoms with E-state index >= 15 is 0 Å². The molecule has 21 heavy (non-hydrogen) atoms. The Labute approximate surface area is 118 Å². The Morgan fingerprint density at radius 3 is 2.57 bits per heavy atom. The van der Waals surface area contributed by atoms with Crippen LogP contribution in [0.2, 0.25) is 0 Å². The summed E-state index contributed by atoms with van der Waals surface area (Å²) in [6, 6.07) is 5.27. The highest BCUT2D eigenvalue weighted by Gasteiger charge is 2.18. The van der Waals surface area contributed by atoms with E-state index in [0.717, 1.165) is 6.20 Å². The summed E-state index contributed by atoms with van der Waals surface area (Å²) in [7, 11) is 1.30. The highest BCUT2D eigenvalue weighted by atomic mass is 19.3. The number of methoxy groups -OCH3 is 1. The molecule has 0 radical (unpaired) electrons. The number of pyridine rings is 1. The molecule has 0 aliphatic carbocycles. The van der Waals surface area contributed by atoms with Gasteiger partial charge in [0.15, 0.2) is 11.5 Å². The van der Waals surface area contributed by atoms with Gasteiger partial charge < -0.3 is 14.6 Å². The Morgan fingerprint density at radius 2 is 1.95 bits per heavy atom. The minimum atomic E-state index is -3.04. The maximum absolute atomic E-state index is 13.6. The standard InChI is InChI=1S/C14H12F3NO3/c1-20-11-3-2-8(6-12(11)21-14(16)17)13(19)9-4-5-18-7-10(9)15/h2-7,13-14,19H,1H3. The highest BCUT2D eigenvalue weighted by molar-refractivity contribution is 5.45. The molecule has 1 aromatic carbocycles. The minimum absolute atomic E-state index is 0.0156. The first-order valence-electron chi connectivity index (χ1n) is 5.93. The third-order valence-electron chi connectivity index (χ3n) is 2.82. The fourth-order valence-corrected chi connectivity index (χ4v) is 1.84.